The number of hydrogen-bond donors (Lipinski definition) is 0. The minimum atomic E-state index is -0.282. The molecule has 0 N–H and O–H groups in total. The SMILES string of the molecule is CCC(C)(C)OC(C)C=O. The number of carbonyl (C=O) groups excluding carboxylic acids is 1. The van der Waals surface area contributed by atoms with Crippen LogP contribution >= 0.6 is 0 Å². The van der Waals surface area contributed by atoms with E-state index in [9.17, 15) is 4.79 Å². The highest BCUT2D eigenvalue weighted by molar-refractivity contribution is 5.55. The lowest BCUT2D eigenvalue weighted by Crippen LogP contribution is -2.28. The fourth-order valence-electron chi connectivity index (χ4n) is 0.614. The van der Waals surface area contributed by atoms with Crippen LogP contribution in [0.15, 0.2) is 0 Å². The van der Waals surface area contributed by atoms with E-state index < -0.39 is 0 Å². The van der Waals surface area contributed by atoms with Gasteiger partial charge in [-0.05, 0) is 27.2 Å². The fraction of sp³-hybridized carbons (Fsp3) is 0.875. The Bertz CT molecular complexity index is 108. The third-order valence-electron chi connectivity index (χ3n) is 1.55. The molecule has 0 saturated heterocycles. The molecule has 10 heavy (non-hydrogen) atoms. The van der Waals surface area contributed by atoms with Gasteiger partial charge in [0.1, 0.15) is 12.4 Å². The molecule has 0 aromatic carbocycles. The molecule has 0 aromatic heterocycles. The third kappa shape index (κ3) is 3.62. The Morgan fingerprint density at radius 1 is 1.60 bits per heavy atom. The van der Waals surface area contributed by atoms with Crippen molar-refractivity contribution in [2.75, 3.05) is 0 Å². The van der Waals surface area contributed by atoms with Crippen molar-refractivity contribution in [3.8, 4) is 0 Å². The van der Waals surface area contributed by atoms with E-state index in [1.807, 2.05) is 20.8 Å². The number of rotatable bonds is 4. The molecular formula is C8H16O2. The molecule has 0 aliphatic heterocycles. The normalized spacial score (nSPS) is 14.8. The summed E-state index contributed by atoms with van der Waals surface area (Å²) in [5.41, 5.74) is -0.166. The first-order valence-corrected chi connectivity index (χ1v) is 3.65. The first-order chi connectivity index (χ1) is 4.52. The van der Waals surface area contributed by atoms with Crippen molar-refractivity contribution < 1.29 is 9.53 Å². The Hall–Kier alpha value is -0.370. The van der Waals surface area contributed by atoms with Crippen LogP contribution in [0.2, 0.25) is 0 Å². The van der Waals surface area contributed by atoms with Crippen molar-refractivity contribution >= 4 is 6.29 Å². The van der Waals surface area contributed by atoms with E-state index >= 15 is 0 Å². The van der Waals surface area contributed by atoms with Crippen LogP contribution in [-0.2, 0) is 9.53 Å². The highest BCUT2D eigenvalue weighted by Crippen LogP contribution is 2.14. The molecule has 0 aromatic rings. The van der Waals surface area contributed by atoms with Crippen molar-refractivity contribution in [2.24, 2.45) is 0 Å². The van der Waals surface area contributed by atoms with Gasteiger partial charge in [-0.15, -0.1) is 0 Å². The molecule has 1 atom stereocenters. The van der Waals surface area contributed by atoms with Crippen LogP contribution in [0.1, 0.15) is 34.1 Å². The summed E-state index contributed by atoms with van der Waals surface area (Å²) in [4.78, 5) is 10.2. The van der Waals surface area contributed by atoms with Gasteiger partial charge >= 0.3 is 0 Å². The topological polar surface area (TPSA) is 26.3 Å². The van der Waals surface area contributed by atoms with Gasteiger partial charge in [-0.2, -0.15) is 0 Å². The van der Waals surface area contributed by atoms with Crippen molar-refractivity contribution in [1.82, 2.24) is 0 Å². The zero-order valence-corrected chi connectivity index (χ0v) is 7.18. The molecule has 0 fully saturated rings. The van der Waals surface area contributed by atoms with E-state index in [2.05, 4.69) is 0 Å². The zero-order chi connectivity index (χ0) is 8.20. The van der Waals surface area contributed by atoms with Crippen molar-refractivity contribution in [1.29, 1.82) is 0 Å². The molecular weight excluding hydrogens is 128 g/mol. The van der Waals surface area contributed by atoms with Crippen molar-refractivity contribution in [3.05, 3.63) is 0 Å². The minimum absolute atomic E-state index is 0.166. The molecule has 0 spiro atoms. The maximum absolute atomic E-state index is 10.2. The van der Waals surface area contributed by atoms with E-state index in [1.165, 1.54) is 0 Å². The molecule has 1 unspecified atom stereocenters. The minimum Gasteiger partial charge on any atom is -0.365 e. The van der Waals surface area contributed by atoms with E-state index in [4.69, 9.17) is 4.74 Å². The first-order valence-electron chi connectivity index (χ1n) is 3.65. The van der Waals surface area contributed by atoms with Crippen molar-refractivity contribution in [3.63, 3.8) is 0 Å². The summed E-state index contributed by atoms with van der Waals surface area (Å²) < 4.78 is 5.37. The van der Waals surface area contributed by atoms with Crippen LogP contribution in [-0.4, -0.2) is 18.0 Å². The second-order valence-electron chi connectivity index (χ2n) is 3.07. The summed E-state index contributed by atoms with van der Waals surface area (Å²) in [6, 6.07) is 0. The summed E-state index contributed by atoms with van der Waals surface area (Å²) >= 11 is 0. The van der Waals surface area contributed by atoms with Gasteiger partial charge in [0.2, 0.25) is 0 Å². The van der Waals surface area contributed by atoms with E-state index in [0.717, 1.165) is 12.7 Å². The average Bonchev–Trinajstić information content (AvgIpc) is 1.87. The second kappa shape index (κ2) is 3.71. The first kappa shape index (κ1) is 9.63. The predicted molar refractivity (Wildman–Crippen MR) is 41.0 cm³/mol. The molecule has 2 nitrogen and oxygen atoms in total. The van der Waals surface area contributed by atoms with Crippen LogP contribution in [0, 0.1) is 0 Å². The Labute approximate surface area is 62.6 Å². The van der Waals surface area contributed by atoms with Gasteiger partial charge in [0.15, 0.2) is 0 Å². The van der Waals surface area contributed by atoms with Crippen LogP contribution in [0.5, 0.6) is 0 Å². The van der Waals surface area contributed by atoms with Gasteiger partial charge in [0.25, 0.3) is 0 Å². The van der Waals surface area contributed by atoms with Crippen LogP contribution in [0.4, 0.5) is 0 Å². The molecule has 2 heteroatoms. The molecule has 0 aliphatic rings. The second-order valence-corrected chi connectivity index (χ2v) is 3.07. The number of hydrogen-bond acceptors (Lipinski definition) is 2. The van der Waals surface area contributed by atoms with Crippen LogP contribution in [0.3, 0.4) is 0 Å². The molecule has 0 radical (unpaired) electrons. The van der Waals surface area contributed by atoms with Gasteiger partial charge in [-0.25, -0.2) is 0 Å². The zero-order valence-electron chi connectivity index (χ0n) is 7.18. The maximum atomic E-state index is 10.2. The van der Waals surface area contributed by atoms with E-state index in [1.54, 1.807) is 6.92 Å². The lowest BCUT2D eigenvalue weighted by Gasteiger charge is -2.25. The lowest BCUT2D eigenvalue weighted by atomic mass is 10.1. The average molecular weight is 144 g/mol. The molecule has 0 heterocycles. The summed E-state index contributed by atoms with van der Waals surface area (Å²) in [6.07, 6.45) is 1.46. The number of ether oxygens (including phenoxy) is 1. The summed E-state index contributed by atoms with van der Waals surface area (Å²) in [5.74, 6) is 0. The van der Waals surface area contributed by atoms with Crippen LogP contribution in [0.25, 0.3) is 0 Å². The molecule has 0 saturated carbocycles. The highest BCUT2D eigenvalue weighted by Gasteiger charge is 2.18. The molecule has 0 aliphatic carbocycles. The summed E-state index contributed by atoms with van der Waals surface area (Å²) in [7, 11) is 0. The quantitative estimate of drug-likeness (QED) is 0.562. The van der Waals surface area contributed by atoms with Crippen LogP contribution < -0.4 is 0 Å². The Kier molecular flexibility index (Phi) is 3.58. The molecule has 0 rings (SSSR count). The maximum Gasteiger partial charge on any atom is 0.148 e. The summed E-state index contributed by atoms with van der Waals surface area (Å²) in [6.45, 7) is 7.75. The predicted octanol–water partition coefficient (Wildman–Crippen LogP) is 1.78. The van der Waals surface area contributed by atoms with E-state index in [0.29, 0.717) is 0 Å². The fourth-order valence-corrected chi connectivity index (χ4v) is 0.614. The molecule has 0 bridgehead atoms. The Morgan fingerprint density at radius 2 is 2.10 bits per heavy atom. The third-order valence-corrected chi connectivity index (χ3v) is 1.55. The monoisotopic (exact) mass is 144 g/mol. The number of aldehydes is 1. The van der Waals surface area contributed by atoms with Gasteiger partial charge < -0.3 is 9.53 Å². The Morgan fingerprint density at radius 3 is 2.40 bits per heavy atom. The van der Waals surface area contributed by atoms with Gasteiger partial charge in [0, 0.05) is 0 Å². The number of carbonyl (C=O) groups is 1. The highest BCUT2D eigenvalue weighted by atomic mass is 16.5. The van der Waals surface area contributed by atoms with Gasteiger partial charge in [-0.3, -0.25) is 0 Å². The van der Waals surface area contributed by atoms with Crippen molar-refractivity contribution in [2.45, 2.75) is 45.8 Å². The van der Waals surface area contributed by atoms with E-state index in [-0.39, 0.29) is 11.7 Å². The standard InChI is InChI=1S/C8H16O2/c1-5-8(3,4)10-7(2)6-9/h6-7H,5H2,1-4H3. The van der Waals surface area contributed by atoms with Gasteiger partial charge in [-0.1, -0.05) is 6.92 Å². The summed E-state index contributed by atoms with van der Waals surface area (Å²) in [5, 5.41) is 0. The largest absolute Gasteiger partial charge is 0.365 e. The lowest BCUT2D eigenvalue weighted by molar-refractivity contribution is -0.127. The smallest absolute Gasteiger partial charge is 0.148 e. The molecule has 0 amide bonds. The Balaban J connectivity index is 3.75. The van der Waals surface area contributed by atoms with Gasteiger partial charge in [0.05, 0.1) is 5.60 Å². The molecule has 60 valence electrons.